The van der Waals surface area contributed by atoms with E-state index in [-0.39, 0.29) is 0 Å². The summed E-state index contributed by atoms with van der Waals surface area (Å²) in [5.41, 5.74) is 2.89. The second kappa shape index (κ2) is 2.98. The van der Waals surface area contributed by atoms with Crippen LogP contribution in [0.2, 0.25) is 0 Å². The van der Waals surface area contributed by atoms with E-state index in [2.05, 4.69) is 42.5 Å². The molecule has 0 fully saturated rings. The van der Waals surface area contributed by atoms with Gasteiger partial charge in [0.1, 0.15) is 0 Å². The first-order chi connectivity index (χ1) is 6.95. The summed E-state index contributed by atoms with van der Waals surface area (Å²) in [6.45, 7) is 0. The molecule has 0 atom stereocenters. The Morgan fingerprint density at radius 3 is 3.14 bits per heavy atom. The summed E-state index contributed by atoms with van der Waals surface area (Å²) in [5, 5.41) is 2.67. The monoisotopic (exact) mass is 178 g/mol. The Kier molecular flexibility index (Phi) is 1.66. The fourth-order valence-corrected chi connectivity index (χ4v) is 2.08. The molecule has 0 heteroatoms. The van der Waals surface area contributed by atoms with Crippen molar-refractivity contribution < 1.29 is 0 Å². The van der Waals surface area contributed by atoms with Crippen LogP contribution in [-0.2, 0) is 12.8 Å². The van der Waals surface area contributed by atoms with Crippen molar-refractivity contribution in [3.05, 3.63) is 59.7 Å². The van der Waals surface area contributed by atoms with E-state index in [0.717, 1.165) is 12.8 Å². The third kappa shape index (κ3) is 1.07. The molecule has 0 aliphatic heterocycles. The minimum absolute atomic E-state index is 0.962. The van der Waals surface area contributed by atoms with E-state index in [1.54, 1.807) is 0 Å². The van der Waals surface area contributed by atoms with E-state index in [4.69, 9.17) is 0 Å². The molecule has 14 heavy (non-hydrogen) atoms. The van der Waals surface area contributed by atoms with Crippen molar-refractivity contribution in [1.29, 1.82) is 0 Å². The van der Waals surface area contributed by atoms with E-state index < -0.39 is 0 Å². The first-order valence-corrected chi connectivity index (χ1v) is 4.91. The zero-order valence-electron chi connectivity index (χ0n) is 7.88. The maximum absolute atomic E-state index is 3.27. The van der Waals surface area contributed by atoms with Gasteiger partial charge in [-0.2, -0.15) is 0 Å². The Bertz CT molecular complexity index is 506. The van der Waals surface area contributed by atoms with Gasteiger partial charge >= 0.3 is 0 Å². The van der Waals surface area contributed by atoms with Crippen molar-refractivity contribution in [3.8, 4) is 0 Å². The fourth-order valence-electron chi connectivity index (χ4n) is 2.08. The van der Waals surface area contributed by atoms with Crippen LogP contribution in [0.15, 0.2) is 36.4 Å². The van der Waals surface area contributed by atoms with Crippen LogP contribution >= 0.6 is 0 Å². The summed E-state index contributed by atoms with van der Waals surface area (Å²) in [7, 11) is 0. The molecule has 0 N–H and O–H groups in total. The van der Waals surface area contributed by atoms with E-state index in [9.17, 15) is 0 Å². The second-order valence-corrected chi connectivity index (χ2v) is 3.64. The Hall–Kier alpha value is -1.56. The van der Waals surface area contributed by atoms with Gasteiger partial charge in [0, 0.05) is 0 Å². The molecule has 0 heterocycles. The fraction of sp³-hybridized carbons (Fsp3) is 0.143. The third-order valence-electron chi connectivity index (χ3n) is 2.82. The van der Waals surface area contributed by atoms with Gasteiger partial charge in [-0.3, -0.25) is 0 Å². The molecular weight excluding hydrogens is 168 g/mol. The highest BCUT2D eigenvalue weighted by atomic mass is 14.1. The second-order valence-electron chi connectivity index (χ2n) is 3.64. The number of fused-ring (bicyclic) bond motifs is 3. The molecular formula is C14H10. The standard InChI is InChI=1S/C14H10/c1-3-7-13-11(5-1)9-10-12-6-2-4-8-14(12)13/h3-5,7,9-10H,6,8H2. The molecule has 0 unspecified atom stereocenters. The number of allylic oxidation sites excluding steroid dienone is 2. The highest BCUT2D eigenvalue weighted by Crippen LogP contribution is 2.25. The summed E-state index contributed by atoms with van der Waals surface area (Å²) in [4.78, 5) is 0. The molecule has 0 bridgehead atoms. The molecule has 2 radical (unpaired) electrons. The number of hydrogen-bond acceptors (Lipinski definition) is 0. The average molecular weight is 178 g/mol. The lowest BCUT2D eigenvalue weighted by Crippen LogP contribution is -1.98. The summed E-state index contributed by atoms with van der Waals surface area (Å²) in [6, 6.07) is 13.7. The SMILES string of the molecule is [C]1=CCc2c(ccc3c[c]ccc23)C1. The van der Waals surface area contributed by atoms with Crippen molar-refractivity contribution >= 4 is 10.8 Å². The molecule has 3 rings (SSSR count). The molecule has 2 aromatic carbocycles. The minimum atomic E-state index is 0.962. The normalized spacial score (nSPS) is 14.3. The van der Waals surface area contributed by atoms with Crippen LogP contribution in [0.4, 0.5) is 0 Å². The molecule has 2 aromatic rings. The first kappa shape index (κ1) is 7.81. The van der Waals surface area contributed by atoms with Crippen LogP contribution in [0.5, 0.6) is 0 Å². The Morgan fingerprint density at radius 2 is 2.14 bits per heavy atom. The van der Waals surface area contributed by atoms with E-state index in [1.807, 2.05) is 6.07 Å². The lowest BCUT2D eigenvalue weighted by molar-refractivity contribution is 1.08. The molecule has 66 valence electrons. The van der Waals surface area contributed by atoms with Gasteiger partial charge in [-0.15, -0.1) is 0 Å². The maximum atomic E-state index is 3.27. The van der Waals surface area contributed by atoms with Gasteiger partial charge in [-0.25, -0.2) is 0 Å². The molecule has 0 spiro atoms. The van der Waals surface area contributed by atoms with Crippen molar-refractivity contribution in [3.63, 3.8) is 0 Å². The molecule has 0 saturated carbocycles. The van der Waals surface area contributed by atoms with Crippen molar-refractivity contribution in [1.82, 2.24) is 0 Å². The third-order valence-corrected chi connectivity index (χ3v) is 2.82. The zero-order valence-corrected chi connectivity index (χ0v) is 7.88. The summed E-state index contributed by atoms with van der Waals surface area (Å²) in [6.07, 6.45) is 7.40. The van der Waals surface area contributed by atoms with Crippen molar-refractivity contribution in [2.75, 3.05) is 0 Å². The van der Waals surface area contributed by atoms with Crippen LogP contribution in [-0.4, -0.2) is 0 Å². The van der Waals surface area contributed by atoms with Gasteiger partial charge in [-0.1, -0.05) is 30.3 Å². The lowest BCUT2D eigenvalue weighted by atomic mass is 9.92. The molecule has 0 amide bonds. The van der Waals surface area contributed by atoms with Crippen LogP contribution in [0.25, 0.3) is 10.8 Å². The van der Waals surface area contributed by atoms with Crippen LogP contribution in [0.3, 0.4) is 0 Å². The number of rotatable bonds is 0. The van der Waals surface area contributed by atoms with Crippen LogP contribution in [0.1, 0.15) is 11.1 Å². The molecule has 0 nitrogen and oxygen atoms in total. The zero-order chi connectivity index (χ0) is 9.38. The topological polar surface area (TPSA) is 0 Å². The molecule has 1 aliphatic carbocycles. The predicted octanol–water partition coefficient (Wildman–Crippen LogP) is 3.10. The molecule has 0 aromatic heterocycles. The average Bonchev–Trinajstić information content (AvgIpc) is 2.29. The van der Waals surface area contributed by atoms with Gasteiger partial charge < -0.3 is 0 Å². The van der Waals surface area contributed by atoms with E-state index in [1.165, 1.54) is 21.9 Å². The Labute approximate surface area is 83.9 Å². The van der Waals surface area contributed by atoms with E-state index in [0.29, 0.717) is 0 Å². The maximum Gasteiger partial charge on any atom is -0.00230 e. The van der Waals surface area contributed by atoms with Gasteiger partial charge in [0.25, 0.3) is 0 Å². The molecule has 1 aliphatic rings. The minimum Gasteiger partial charge on any atom is -0.0763 e. The van der Waals surface area contributed by atoms with Gasteiger partial charge in [-0.05, 0) is 52.9 Å². The Morgan fingerprint density at radius 1 is 1.14 bits per heavy atom. The summed E-state index contributed by atoms with van der Waals surface area (Å²) < 4.78 is 0. The molecule has 0 saturated heterocycles. The van der Waals surface area contributed by atoms with Crippen molar-refractivity contribution in [2.45, 2.75) is 12.8 Å². The van der Waals surface area contributed by atoms with E-state index >= 15 is 0 Å². The predicted molar refractivity (Wildman–Crippen MR) is 58.0 cm³/mol. The largest absolute Gasteiger partial charge is 0.0763 e. The highest BCUT2D eigenvalue weighted by molar-refractivity contribution is 5.87. The number of hydrogen-bond donors (Lipinski definition) is 0. The van der Waals surface area contributed by atoms with Crippen molar-refractivity contribution in [2.24, 2.45) is 0 Å². The van der Waals surface area contributed by atoms with Gasteiger partial charge in [0.2, 0.25) is 0 Å². The summed E-state index contributed by atoms with van der Waals surface area (Å²) >= 11 is 0. The quantitative estimate of drug-likeness (QED) is 0.581. The smallest absolute Gasteiger partial charge is 0.00230 e. The Balaban J connectivity index is 2.37. The van der Waals surface area contributed by atoms with Gasteiger partial charge in [0.15, 0.2) is 0 Å². The van der Waals surface area contributed by atoms with Crippen LogP contribution in [0, 0.1) is 12.1 Å². The first-order valence-electron chi connectivity index (χ1n) is 4.91. The lowest BCUT2D eigenvalue weighted by Gasteiger charge is -2.13. The van der Waals surface area contributed by atoms with Crippen LogP contribution < -0.4 is 0 Å². The summed E-state index contributed by atoms with van der Waals surface area (Å²) in [5.74, 6) is 0. The highest BCUT2D eigenvalue weighted by Gasteiger charge is 2.07. The number of benzene rings is 2. The van der Waals surface area contributed by atoms with Gasteiger partial charge in [0.05, 0.1) is 0 Å².